The summed E-state index contributed by atoms with van der Waals surface area (Å²) >= 11 is 1.12. The molecule has 5 aromatic rings. The molecule has 4 aromatic carbocycles. The second-order valence-electron chi connectivity index (χ2n) is 10.00. The molecule has 2 N–H and O–H groups in total. The fourth-order valence-electron chi connectivity index (χ4n) is 4.76. The van der Waals surface area contributed by atoms with Gasteiger partial charge in [-0.2, -0.15) is 0 Å². The second-order valence-corrected chi connectivity index (χ2v) is 11.0. The number of thiazole rings is 1. The van der Waals surface area contributed by atoms with Gasteiger partial charge in [0.1, 0.15) is 30.7 Å². The summed E-state index contributed by atoms with van der Waals surface area (Å²) in [6.07, 6.45) is -0.529. The van der Waals surface area contributed by atoms with Crippen LogP contribution in [0.3, 0.4) is 0 Å². The van der Waals surface area contributed by atoms with Crippen LogP contribution in [0.15, 0.2) is 113 Å². The van der Waals surface area contributed by atoms with Gasteiger partial charge in [-0.1, -0.05) is 95.4 Å². The number of hydrogen-bond donors (Lipinski definition) is 2. The molecule has 10 nitrogen and oxygen atoms in total. The van der Waals surface area contributed by atoms with Gasteiger partial charge in [-0.15, -0.1) is 0 Å². The number of nitrogens with zero attached hydrogens (tertiary/aromatic N) is 2. The number of methoxy groups -OCH3 is 1. The first-order valence-electron chi connectivity index (χ1n) is 14.1. The highest BCUT2D eigenvalue weighted by Gasteiger charge is 2.23. The minimum Gasteiger partial charge on any atom is -0.492 e. The summed E-state index contributed by atoms with van der Waals surface area (Å²) in [6.45, 7) is 0.660. The van der Waals surface area contributed by atoms with Gasteiger partial charge in [0.05, 0.1) is 23.9 Å². The highest BCUT2D eigenvalue weighted by atomic mass is 32.1. The number of oxime groups is 1. The third kappa shape index (κ3) is 7.95. The third-order valence-electron chi connectivity index (χ3n) is 7.03. The van der Waals surface area contributed by atoms with Crippen LogP contribution in [0.5, 0.6) is 5.75 Å². The molecule has 0 bridgehead atoms. The van der Waals surface area contributed by atoms with Crippen molar-refractivity contribution in [3.05, 3.63) is 135 Å². The topological polar surface area (TPSA) is 128 Å². The van der Waals surface area contributed by atoms with Crippen molar-refractivity contribution in [3.8, 4) is 5.75 Å². The molecule has 0 aliphatic rings. The Morgan fingerprint density at radius 3 is 2.31 bits per heavy atom. The lowest BCUT2D eigenvalue weighted by Crippen LogP contribution is -2.43. The normalized spacial score (nSPS) is 12.0. The summed E-state index contributed by atoms with van der Waals surface area (Å²) in [5.74, 6) is -0.00222. The van der Waals surface area contributed by atoms with Crippen LogP contribution in [0, 0.1) is 0 Å². The highest BCUT2D eigenvalue weighted by molar-refractivity contribution is 7.16. The number of fused-ring (bicyclic) bond motifs is 1. The van der Waals surface area contributed by atoms with E-state index in [4.69, 9.17) is 14.2 Å². The average molecular weight is 626 g/mol. The Morgan fingerprint density at radius 1 is 0.911 bits per heavy atom. The fraction of sp³-hybridized carbons (Fsp3) is 0.176. The van der Waals surface area contributed by atoms with Gasteiger partial charge < -0.3 is 24.7 Å². The maximum atomic E-state index is 12.8. The Bertz CT molecular complexity index is 1840. The van der Waals surface area contributed by atoms with Gasteiger partial charge >= 0.3 is 16.9 Å². The predicted molar refractivity (Wildman–Crippen MR) is 171 cm³/mol. The van der Waals surface area contributed by atoms with E-state index in [9.17, 15) is 19.6 Å². The zero-order chi connectivity index (χ0) is 31.6. The molecule has 45 heavy (non-hydrogen) atoms. The Labute approximate surface area is 263 Å². The van der Waals surface area contributed by atoms with Crippen LogP contribution in [-0.2, 0) is 33.8 Å². The number of aromatic nitrogens is 1. The van der Waals surface area contributed by atoms with E-state index >= 15 is 0 Å². The van der Waals surface area contributed by atoms with Crippen LogP contribution in [-0.4, -0.2) is 47.3 Å². The molecule has 0 fully saturated rings. The molecule has 0 aliphatic carbocycles. The monoisotopic (exact) mass is 625 g/mol. The van der Waals surface area contributed by atoms with Crippen molar-refractivity contribution in [2.24, 2.45) is 5.16 Å². The number of benzene rings is 4. The number of carbonyl (C=O) groups is 2. The van der Waals surface area contributed by atoms with E-state index in [1.165, 1.54) is 7.11 Å². The molecular formula is C34H31N3O7S. The van der Waals surface area contributed by atoms with Crippen molar-refractivity contribution >= 4 is 39.3 Å². The van der Waals surface area contributed by atoms with Gasteiger partial charge in [0, 0.05) is 17.5 Å². The summed E-state index contributed by atoms with van der Waals surface area (Å²) in [4.78, 5) is 37.3. The number of rotatable bonds is 12. The van der Waals surface area contributed by atoms with Crippen molar-refractivity contribution in [3.63, 3.8) is 0 Å². The summed E-state index contributed by atoms with van der Waals surface area (Å²) in [6, 6.07) is 30.3. The molecule has 0 aliphatic heterocycles. The zero-order valence-corrected chi connectivity index (χ0v) is 25.2. The predicted octanol–water partition coefficient (Wildman–Crippen LogP) is 5.38. The molecule has 1 atom stereocenters. The maximum Gasteiger partial charge on any atom is 0.408 e. The summed E-state index contributed by atoms with van der Waals surface area (Å²) in [5, 5.41) is 15.7. The van der Waals surface area contributed by atoms with Crippen LogP contribution < -0.4 is 14.9 Å². The molecule has 1 heterocycles. The molecule has 1 amide bonds. The van der Waals surface area contributed by atoms with Gasteiger partial charge in [-0.25, -0.2) is 9.59 Å². The number of esters is 1. The number of amides is 1. The van der Waals surface area contributed by atoms with E-state index in [2.05, 4.69) is 10.5 Å². The number of nitrogens with one attached hydrogen (secondary N) is 1. The zero-order valence-electron chi connectivity index (χ0n) is 24.4. The first-order chi connectivity index (χ1) is 21.9. The van der Waals surface area contributed by atoms with Gasteiger partial charge in [0.15, 0.2) is 0 Å². The molecule has 1 aromatic heterocycles. The smallest absolute Gasteiger partial charge is 0.408 e. The second kappa shape index (κ2) is 14.8. The van der Waals surface area contributed by atoms with Crippen molar-refractivity contribution in [1.29, 1.82) is 0 Å². The highest BCUT2D eigenvalue weighted by Crippen LogP contribution is 2.22. The lowest BCUT2D eigenvalue weighted by atomic mass is 10.0. The maximum absolute atomic E-state index is 12.8. The van der Waals surface area contributed by atoms with Gasteiger partial charge in [0.25, 0.3) is 0 Å². The summed E-state index contributed by atoms with van der Waals surface area (Å²) in [5.41, 5.74) is 4.27. The third-order valence-corrected chi connectivity index (χ3v) is 7.97. The van der Waals surface area contributed by atoms with Crippen molar-refractivity contribution in [2.45, 2.75) is 25.6 Å². The molecular weight excluding hydrogens is 594 g/mol. The van der Waals surface area contributed by atoms with Crippen molar-refractivity contribution < 1.29 is 29.0 Å². The largest absolute Gasteiger partial charge is 0.492 e. The SMILES string of the molecule is COC(=O)C(Cc1ccc(OCCn2c(=O)sc3cc(C(=NO)c4ccccc4)ccc32)cc1)NC(=O)OCc1ccccc1. The molecule has 0 spiro atoms. The van der Waals surface area contributed by atoms with Crippen molar-refractivity contribution in [2.75, 3.05) is 13.7 Å². The van der Waals surface area contributed by atoms with Gasteiger partial charge in [-0.05, 0) is 35.4 Å². The lowest BCUT2D eigenvalue weighted by Gasteiger charge is -2.17. The van der Waals surface area contributed by atoms with Crippen LogP contribution in [0.1, 0.15) is 22.3 Å². The standard InChI is InChI=1S/C34H31N3O7S/c1-42-32(38)28(35-33(39)44-22-24-8-4-2-5-9-24)20-23-12-15-27(16-13-23)43-19-18-37-29-17-14-26(21-30(29)45-34(37)40)31(36-41)25-10-6-3-7-11-25/h2-17,21,28,41H,18-20,22H2,1H3,(H,35,39). The van der Waals surface area contributed by atoms with E-state index in [0.29, 0.717) is 23.6 Å². The Balaban J connectivity index is 1.17. The van der Waals surface area contributed by atoms with E-state index < -0.39 is 18.1 Å². The van der Waals surface area contributed by atoms with E-state index in [1.54, 1.807) is 28.8 Å². The number of carbonyl (C=O) groups excluding carboxylic acids is 2. The number of ether oxygens (including phenoxy) is 3. The van der Waals surface area contributed by atoms with Crippen LogP contribution >= 0.6 is 11.3 Å². The van der Waals surface area contributed by atoms with E-state index in [1.807, 2.05) is 78.9 Å². The quantitative estimate of drug-likeness (QED) is 0.0825. The van der Waals surface area contributed by atoms with E-state index in [-0.39, 0.29) is 24.5 Å². The Kier molecular flexibility index (Phi) is 10.2. The fourth-order valence-corrected chi connectivity index (χ4v) is 5.72. The van der Waals surface area contributed by atoms with Crippen LogP contribution in [0.2, 0.25) is 0 Å². The molecule has 11 heteroatoms. The number of alkyl carbamates (subject to hydrolysis) is 1. The van der Waals surface area contributed by atoms with Crippen LogP contribution in [0.25, 0.3) is 10.2 Å². The summed E-state index contributed by atoms with van der Waals surface area (Å²) in [7, 11) is 1.26. The minimum atomic E-state index is -0.934. The average Bonchev–Trinajstić information content (AvgIpc) is 3.39. The first kappa shape index (κ1) is 31.0. The molecule has 0 saturated carbocycles. The van der Waals surface area contributed by atoms with Crippen LogP contribution in [0.4, 0.5) is 4.79 Å². The molecule has 5 rings (SSSR count). The van der Waals surface area contributed by atoms with E-state index in [0.717, 1.165) is 38.2 Å². The first-order valence-corrected chi connectivity index (χ1v) is 14.9. The van der Waals surface area contributed by atoms with Gasteiger partial charge in [0.2, 0.25) is 0 Å². The Hall–Kier alpha value is -5.42. The Morgan fingerprint density at radius 2 is 1.62 bits per heavy atom. The molecule has 0 radical (unpaired) electrons. The molecule has 0 saturated heterocycles. The molecule has 1 unspecified atom stereocenters. The summed E-state index contributed by atoms with van der Waals surface area (Å²) < 4.78 is 18.4. The number of hydrogen-bond acceptors (Lipinski definition) is 9. The lowest BCUT2D eigenvalue weighted by molar-refractivity contribution is -0.143. The van der Waals surface area contributed by atoms with Crippen molar-refractivity contribution in [1.82, 2.24) is 9.88 Å². The molecule has 230 valence electrons. The van der Waals surface area contributed by atoms with Gasteiger partial charge in [-0.3, -0.25) is 9.36 Å². The minimum absolute atomic E-state index is 0.0780.